The molecule has 4 heteroatoms. The second-order valence-corrected chi connectivity index (χ2v) is 6.85. The summed E-state index contributed by atoms with van der Waals surface area (Å²) in [7, 11) is 0. The summed E-state index contributed by atoms with van der Waals surface area (Å²) < 4.78 is 0. The van der Waals surface area contributed by atoms with E-state index in [1.807, 2.05) is 19.9 Å². The van der Waals surface area contributed by atoms with Crippen LogP contribution in [-0.4, -0.2) is 23.3 Å². The van der Waals surface area contributed by atoms with Crippen molar-refractivity contribution in [3.63, 3.8) is 0 Å². The Bertz CT molecular complexity index is 486. The van der Waals surface area contributed by atoms with Gasteiger partial charge >= 0.3 is 6.03 Å². The Kier molecular flexibility index (Phi) is 7.07. The van der Waals surface area contributed by atoms with Crippen LogP contribution in [0.2, 0.25) is 0 Å². The van der Waals surface area contributed by atoms with Gasteiger partial charge in [0.05, 0.1) is 12.1 Å². The van der Waals surface area contributed by atoms with E-state index in [4.69, 9.17) is 0 Å². The van der Waals surface area contributed by atoms with E-state index >= 15 is 0 Å². The zero-order valence-corrected chi connectivity index (χ0v) is 15.4. The predicted molar refractivity (Wildman–Crippen MR) is 97.2 cm³/mol. The number of nitrogens with one attached hydrogen (secondary N) is 2. The number of hydrogen-bond acceptors (Lipinski definition) is 2. The molecule has 1 aromatic carbocycles. The molecule has 0 radical (unpaired) electrons. The van der Waals surface area contributed by atoms with E-state index in [-0.39, 0.29) is 12.6 Å². The van der Waals surface area contributed by atoms with E-state index in [1.54, 1.807) is 0 Å². The summed E-state index contributed by atoms with van der Waals surface area (Å²) in [5.74, 6) is 0.646. The van der Waals surface area contributed by atoms with Crippen molar-refractivity contribution in [2.24, 2.45) is 0 Å². The van der Waals surface area contributed by atoms with Gasteiger partial charge in [0.25, 0.3) is 0 Å². The minimum Gasteiger partial charge on any atom is -0.394 e. The van der Waals surface area contributed by atoms with Crippen LogP contribution >= 0.6 is 0 Å². The molecule has 0 bridgehead atoms. The monoisotopic (exact) mass is 320 g/mol. The highest BCUT2D eigenvalue weighted by Gasteiger charge is 2.28. The van der Waals surface area contributed by atoms with E-state index in [9.17, 15) is 9.90 Å². The number of para-hydroxylation sites is 1. The number of aliphatic hydroxyl groups excluding tert-OH is 1. The van der Waals surface area contributed by atoms with Gasteiger partial charge in [0.15, 0.2) is 0 Å². The first kappa shape index (κ1) is 19.5. The second-order valence-electron chi connectivity index (χ2n) is 6.85. The number of benzene rings is 1. The molecule has 0 aliphatic heterocycles. The van der Waals surface area contributed by atoms with Crippen LogP contribution in [0, 0.1) is 0 Å². The molecule has 0 atom stereocenters. The van der Waals surface area contributed by atoms with Gasteiger partial charge in [-0.05, 0) is 35.8 Å². The second kappa shape index (κ2) is 8.34. The minimum absolute atomic E-state index is 0.0592. The van der Waals surface area contributed by atoms with Gasteiger partial charge in [-0.25, -0.2) is 4.79 Å². The van der Waals surface area contributed by atoms with Crippen molar-refractivity contribution in [3.05, 3.63) is 29.3 Å². The third kappa shape index (κ3) is 4.71. The average molecular weight is 320 g/mol. The molecule has 1 aromatic rings. The van der Waals surface area contributed by atoms with Crippen LogP contribution in [0.15, 0.2) is 18.2 Å². The molecule has 3 N–H and O–H groups in total. The standard InChI is InChI=1S/C19H32N2O2/c1-7-19(8-2,12-22)21-18(23)20-17-15(13(3)4)10-9-11-16(17)14(5)6/h9-11,13-14,22H,7-8,12H2,1-6H3,(H2,20,21,23). The van der Waals surface area contributed by atoms with Gasteiger partial charge in [0.1, 0.15) is 0 Å². The van der Waals surface area contributed by atoms with E-state index in [0.29, 0.717) is 24.7 Å². The van der Waals surface area contributed by atoms with E-state index in [0.717, 1.165) is 16.8 Å². The quantitative estimate of drug-likeness (QED) is 0.687. The first-order chi connectivity index (χ1) is 10.8. The Morgan fingerprint density at radius 1 is 1.09 bits per heavy atom. The zero-order valence-electron chi connectivity index (χ0n) is 15.4. The van der Waals surface area contributed by atoms with Crippen molar-refractivity contribution in [3.8, 4) is 0 Å². The van der Waals surface area contributed by atoms with Crippen LogP contribution in [0.1, 0.15) is 77.3 Å². The average Bonchev–Trinajstić information content (AvgIpc) is 2.52. The lowest BCUT2D eigenvalue weighted by atomic mass is 9.92. The van der Waals surface area contributed by atoms with Crippen molar-refractivity contribution < 1.29 is 9.90 Å². The van der Waals surface area contributed by atoms with Crippen LogP contribution < -0.4 is 10.6 Å². The summed E-state index contributed by atoms with van der Waals surface area (Å²) in [6.45, 7) is 12.4. The van der Waals surface area contributed by atoms with Gasteiger partial charge in [-0.15, -0.1) is 0 Å². The fourth-order valence-electron chi connectivity index (χ4n) is 2.77. The zero-order chi connectivity index (χ0) is 17.6. The molecule has 0 aliphatic rings. The highest BCUT2D eigenvalue weighted by molar-refractivity contribution is 5.92. The molecular formula is C19H32N2O2. The lowest BCUT2D eigenvalue weighted by molar-refractivity contribution is 0.155. The summed E-state index contributed by atoms with van der Waals surface area (Å²) in [5, 5.41) is 15.6. The first-order valence-electron chi connectivity index (χ1n) is 8.63. The number of hydrogen-bond donors (Lipinski definition) is 3. The van der Waals surface area contributed by atoms with Gasteiger partial charge in [-0.2, -0.15) is 0 Å². The van der Waals surface area contributed by atoms with Gasteiger partial charge in [0, 0.05) is 5.69 Å². The summed E-state index contributed by atoms with van der Waals surface area (Å²) >= 11 is 0. The minimum atomic E-state index is -0.561. The lowest BCUT2D eigenvalue weighted by Crippen LogP contribution is -2.52. The molecule has 0 heterocycles. The third-order valence-electron chi connectivity index (χ3n) is 4.65. The molecule has 130 valence electrons. The number of aliphatic hydroxyl groups is 1. The lowest BCUT2D eigenvalue weighted by Gasteiger charge is -2.31. The molecule has 0 aliphatic carbocycles. The number of amides is 2. The van der Waals surface area contributed by atoms with Crippen LogP contribution in [-0.2, 0) is 0 Å². The molecule has 23 heavy (non-hydrogen) atoms. The summed E-state index contributed by atoms with van der Waals surface area (Å²) in [5.41, 5.74) is 2.60. The number of urea groups is 1. The van der Waals surface area contributed by atoms with E-state index in [2.05, 4.69) is 50.5 Å². The van der Waals surface area contributed by atoms with Gasteiger partial charge in [-0.1, -0.05) is 59.7 Å². The Morgan fingerprint density at radius 2 is 1.57 bits per heavy atom. The number of anilines is 1. The van der Waals surface area contributed by atoms with Crippen LogP contribution in [0.5, 0.6) is 0 Å². The molecule has 0 saturated heterocycles. The maximum absolute atomic E-state index is 12.5. The summed E-state index contributed by atoms with van der Waals surface area (Å²) in [6.07, 6.45) is 1.38. The fraction of sp³-hybridized carbons (Fsp3) is 0.632. The molecule has 0 spiro atoms. The topological polar surface area (TPSA) is 61.4 Å². The molecule has 0 unspecified atom stereocenters. The van der Waals surface area contributed by atoms with Crippen LogP contribution in [0.4, 0.5) is 10.5 Å². The number of rotatable bonds is 7. The maximum atomic E-state index is 12.5. The Morgan fingerprint density at radius 3 is 1.91 bits per heavy atom. The maximum Gasteiger partial charge on any atom is 0.319 e. The summed E-state index contributed by atoms with van der Waals surface area (Å²) in [4.78, 5) is 12.5. The van der Waals surface area contributed by atoms with Gasteiger partial charge in [0.2, 0.25) is 0 Å². The van der Waals surface area contributed by atoms with Gasteiger partial charge in [-0.3, -0.25) is 0 Å². The fourth-order valence-corrected chi connectivity index (χ4v) is 2.77. The van der Waals surface area contributed by atoms with Crippen molar-refractivity contribution in [1.82, 2.24) is 5.32 Å². The van der Waals surface area contributed by atoms with Crippen molar-refractivity contribution in [2.75, 3.05) is 11.9 Å². The van der Waals surface area contributed by atoms with E-state index in [1.165, 1.54) is 0 Å². The Hall–Kier alpha value is -1.55. The predicted octanol–water partition coefficient (Wildman–Crippen LogP) is 4.61. The largest absolute Gasteiger partial charge is 0.394 e. The third-order valence-corrected chi connectivity index (χ3v) is 4.65. The Labute approximate surface area is 140 Å². The number of carbonyl (C=O) groups excluding carboxylic acids is 1. The molecule has 2 amide bonds. The normalized spacial score (nSPS) is 11.9. The Balaban J connectivity index is 3.10. The SMILES string of the molecule is CCC(CC)(CO)NC(=O)Nc1c(C(C)C)cccc1C(C)C. The molecule has 1 rings (SSSR count). The highest BCUT2D eigenvalue weighted by atomic mass is 16.3. The molecule has 0 saturated carbocycles. The molecule has 0 fully saturated rings. The molecule has 4 nitrogen and oxygen atoms in total. The summed E-state index contributed by atoms with van der Waals surface area (Å²) in [6, 6.07) is 5.91. The van der Waals surface area contributed by atoms with Crippen molar-refractivity contribution in [2.45, 2.75) is 71.8 Å². The van der Waals surface area contributed by atoms with Crippen molar-refractivity contribution >= 4 is 11.7 Å². The van der Waals surface area contributed by atoms with Crippen LogP contribution in [0.3, 0.4) is 0 Å². The van der Waals surface area contributed by atoms with Crippen LogP contribution in [0.25, 0.3) is 0 Å². The first-order valence-corrected chi connectivity index (χ1v) is 8.63. The highest BCUT2D eigenvalue weighted by Crippen LogP contribution is 2.32. The molecular weight excluding hydrogens is 288 g/mol. The van der Waals surface area contributed by atoms with Gasteiger partial charge < -0.3 is 15.7 Å². The van der Waals surface area contributed by atoms with Crippen molar-refractivity contribution in [1.29, 1.82) is 0 Å². The number of carbonyl (C=O) groups is 1. The van der Waals surface area contributed by atoms with E-state index < -0.39 is 5.54 Å². The molecule has 0 aromatic heterocycles. The smallest absolute Gasteiger partial charge is 0.319 e.